The number of rotatable bonds is 7. The van der Waals surface area contributed by atoms with Crippen molar-refractivity contribution in [2.75, 3.05) is 25.1 Å². The van der Waals surface area contributed by atoms with Crippen LogP contribution in [0.4, 0.5) is 11.6 Å². The number of sulfonamides is 1. The number of hydrogen-bond donors (Lipinski definition) is 0. The third-order valence-corrected chi connectivity index (χ3v) is 10.5. The monoisotopic (exact) mass is 654 g/mol. The van der Waals surface area contributed by atoms with E-state index in [1.165, 1.54) is 33.4 Å². The number of esters is 1. The molecule has 4 aromatic rings. The van der Waals surface area contributed by atoms with Crippen LogP contribution in [0.25, 0.3) is 11.1 Å². The van der Waals surface area contributed by atoms with Crippen LogP contribution in [0.1, 0.15) is 25.3 Å². The number of methoxy groups -OCH3 is 1. The Labute approximate surface area is 264 Å². The van der Waals surface area contributed by atoms with E-state index >= 15 is 0 Å². The first-order chi connectivity index (χ1) is 21.0. The SMILES string of the molecule is COC(=O)C1CCN(S(=O)(=O)c2cnc3n2C(C)(Cc2ccc(-c4cncnc4)cc2)C(=O)N3c2cc(Cl)cc(Cl)c2)CC1. The van der Waals surface area contributed by atoms with Crippen molar-refractivity contribution in [3.8, 4) is 11.1 Å². The first kappa shape index (κ1) is 30.2. The van der Waals surface area contributed by atoms with Gasteiger partial charge in [-0.05, 0) is 49.1 Å². The molecule has 2 aliphatic rings. The fourth-order valence-electron chi connectivity index (χ4n) is 5.91. The Hall–Kier alpha value is -3.84. The second-order valence-corrected chi connectivity index (χ2v) is 13.7. The summed E-state index contributed by atoms with van der Waals surface area (Å²) in [6.45, 7) is 1.96. The molecule has 44 heavy (non-hydrogen) atoms. The maximum absolute atomic E-state index is 14.4. The molecule has 228 valence electrons. The zero-order valence-corrected chi connectivity index (χ0v) is 26.2. The summed E-state index contributed by atoms with van der Waals surface area (Å²) in [6.07, 6.45) is 6.97. The summed E-state index contributed by atoms with van der Waals surface area (Å²) in [5.74, 6) is -0.979. The van der Waals surface area contributed by atoms with Gasteiger partial charge < -0.3 is 4.74 Å². The molecule has 2 aromatic carbocycles. The molecule has 14 heteroatoms. The van der Waals surface area contributed by atoms with Gasteiger partial charge in [0, 0.05) is 47.5 Å². The average Bonchev–Trinajstić information content (AvgIpc) is 3.55. The first-order valence-electron chi connectivity index (χ1n) is 13.8. The van der Waals surface area contributed by atoms with E-state index in [0.29, 0.717) is 28.6 Å². The molecule has 4 heterocycles. The summed E-state index contributed by atoms with van der Waals surface area (Å²) in [5, 5.41) is 0.510. The number of ether oxygens (including phenoxy) is 1. The molecule has 6 rings (SSSR count). The number of fused-ring (bicyclic) bond motifs is 1. The maximum atomic E-state index is 14.4. The average molecular weight is 656 g/mol. The fourth-order valence-corrected chi connectivity index (χ4v) is 8.08. The Bertz CT molecular complexity index is 1820. The Kier molecular flexibility index (Phi) is 7.95. The topological polar surface area (TPSA) is 128 Å². The van der Waals surface area contributed by atoms with Crippen molar-refractivity contribution in [2.45, 2.75) is 36.8 Å². The van der Waals surface area contributed by atoms with Gasteiger partial charge in [-0.15, -0.1) is 0 Å². The molecule has 0 saturated carbocycles. The van der Waals surface area contributed by atoms with Crippen molar-refractivity contribution in [3.63, 3.8) is 0 Å². The number of benzene rings is 2. The number of anilines is 2. The highest BCUT2D eigenvalue weighted by molar-refractivity contribution is 7.89. The minimum atomic E-state index is -4.11. The quantitative estimate of drug-likeness (QED) is 0.259. The summed E-state index contributed by atoms with van der Waals surface area (Å²) < 4.78 is 35.9. The van der Waals surface area contributed by atoms with Gasteiger partial charge in [-0.2, -0.15) is 4.31 Å². The largest absolute Gasteiger partial charge is 0.469 e. The van der Waals surface area contributed by atoms with Crippen molar-refractivity contribution in [1.29, 1.82) is 0 Å². The van der Waals surface area contributed by atoms with Gasteiger partial charge >= 0.3 is 5.97 Å². The third kappa shape index (κ3) is 5.25. The normalized spacial score (nSPS) is 19.3. The number of nitrogens with zero attached hydrogens (tertiary/aromatic N) is 6. The van der Waals surface area contributed by atoms with Crippen LogP contribution in [-0.2, 0) is 36.3 Å². The van der Waals surface area contributed by atoms with Crippen LogP contribution < -0.4 is 4.90 Å². The second-order valence-electron chi connectivity index (χ2n) is 11.0. The van der Waals surface area contributed by atoms with Gasteiger partial charge in [0.25, 0.3) is 15.9 Å². The van der Waals surface area contributed by atoms with Crippen molar-refractivity contribution < 1.29 is 22.7 Å². The predicted molar refractivity (Wildman–Crippen MR) is 164 cm³/mol. The molecule has 0 spiro atoms. The van der Waals surface area contributed by atoms with E-state index in [4.69, 9.17) is 27.9 Å². The summed E-state index contributed by atoms with van der Waals surface area (Å²) in [5.41, 5.74) is 1.52. The van der Waals surface area contributed by atoms with Crippen LogP contribution >= 0.6 is 23.2 Å². The van der Waals surface area contributed by atoms with E-state index in [2.05, 4.69) is 15.0 Å². The predicted octanol–water partition coefficient (Wildman–Crippen LogP) is 4.86. The zero-order chi connectivity index (χ0) is 31.2. The van der Waals surface area contributed by atoms with E-state index in [1.54, 1.807) is 37.5 Å². The number of carbonyl (C=O) groups is 2. The smallest absolute Gasteiger partial charge is 0.308 e. The third-order valence-electron chi connectivity index (χ3n) is 8.16. The Morgan fingerprint density at radius 2 is 1.64 bits per heavy atom. The van der Waals surface area contributed by atoms with Gasteiger partial charge in [-0.1, -0.05) is 47.5 Å². The lowest BCUT2D eigenvalue weighted by Crippen LogP contribution is -2.44. The van der Waals surface area contributed by atoms with Gasteiger partial charge in [-0.3, -0.25) is 14.2 Å². The number of piperidine rings is 1. The molecule has 0 bridgehead atoms. The highest BCUT2D eigenvalue weighted by Gasteiger charge is 2.52. The standard InChI is InChI=1S/C30H28Cl2N6O5S/c1-30(14-19-3-5-20(6-4-19)22-15-33-18-34-16-22)28(40)37(25-12-23(31)11-24(32)13-25)29-35-17-26(38(29)30)44(41,42)36-9-7-21(8-10-36)27(39)43-2/h3-6,11-13,15-18,21H,7-10,14H2,1-2H3. The van der Waals surface area contributed by atoms with E-state index in [0.717, 1.165) is 16.7 Å². The molecule has 2 aromatic heterocycles. The Morgan fingerprint density at radius 1 is 1.00 bits per heavy atom. The Morgan fingerprint density at radius 3 is 2.25 bits per heavy atom. The number of carbonyl (C=O) groups excluding carboxylic acids is 2. The number of aromatic nitrogens is 4. The van der Waals surface area contributed by atoms with E-state index in [9.17, 15) is 18.0 Å². The molecule has 1 amide bonds. The second kappa shape index (κ2) is 11.6. The number of imidazole rings is 1. The molecule has 1 unspecified atom stereocenters. The van der Waals surface area contributed by atoms with Gasteiger partial charge in [-0.25, -0.2) is 28.3 Å². The molecule has 1 saturated heterocycles. The van der Waals surface area contributed by atoms with E-state index in [-0.39, 0.29) is 48.3 Å². The molecule has 1 fully saturated rings. The summed E-state index contributed by atoms with van der Waals surface area (Å²) in [7, 11) is -2.79. The summed E-state index contributed by atoms with van der Waals surface area (Å²) in [6, 6.07) is 12.3. The van der Waals surface area contributed by atoms with Gasteiger partial charge in [0.1, 0.15) is 11.9 Å². The van der Waals surface area contributed by atoms with Crippen LogP contribution in [-0.4, -0.2) is 64.3 Å². The van der Waals surface area contributed by atoms with Crippen molar-refractivity contribution in [2.24, 2.45) is 5.92 Å². The van der Waals surface area contributed by atoms with Crippen LogP contribution in [0, 0.1) is 5.92 Å². The van der Waals surface area contributed by atoms with Crippen molar-refractivity contribution >= 4 is 56.7 Å². The number of amides is 1. The molecule has 1 atom stereocenters. The lowest BCUT2D eigenvalue weighted by atomic mass is 9.91. The molecular formula is C30H28Cl2N6O5S. The summed E-state index contributed by atoms with van der Waals surface area (Å²) >= 11 is 12.6. The molecule has 0 N–H and O–H groups in total. The molecular weight excluding hydrogens is 627 g/mol. The minimum Gasteiger partial charge on any atom is -0.469 e. The molecule has 11 nitrogen and oxygen atoms in total. The van der Waals surface area contributed by atoms with Crippen LogP contribution in [0.15, 0.2) is 72.4 Å². The molecule has 0 aliphatic carbocycles. The highest BCUT2D eigenvalue weighted by atomic mass is 35.5. The van der Waals surface area contributed by atoms with Gasteiger partial charge in [0.15, 0.2) is 5.03 Å². The minimum absolute atomic E-state index is 0.117. The number of halogens is 2. The number of hydrogen-bond acceptors (Lipinski definition) is 8. The molecule has 0 radical (unpaired) electrons. The van der Waals surface area contributed by atoms with Gasteiger partial charge in [0.2, 0.25) is 5.95 Å². The Balaban J connectivity index is 1.41. The lowest BCUT2D eigenvalue weighted by Gasteiger charge is -2.31. The molecule has 2 aliphatic heterocycles. The maximum Gasteiger partial charge on any atom is 0.308 e. The van der Waals surface area contributed by atoms with Crippen LogP contribution in [0.5, 0.6) is 0 Å². The van der Waals surface area contributed by atoms with E-state index < -0.39 is 15.6 Å². The van der Waals surface area contributed by atoms with E-state index in [1.807, 2.05) is 24.3 Å². The first-order valence-corrected chi connectivity index (χ1v) is 16.0. The summed E-state index contributed by atoms with van der Waals surface area (Å²) in [4.78, 5) is 40.4. The van der Waals surface area contributed by atoms with Crippen molar-refractivity contribution in [1.82, 2.24) is 23.8 Å². The van der Waals surface area contributed by atoms with Crippen LogP contribution in [0.3, 0.4) is 0 Å². The van der Waals surface area contributed by atoms with Crippen molar-refractivity contribution in [3.05, 3.63) is 83.0 Å². The van der Waals surface area contributed by atoms with Gasteiger partial charge in [0.05, 0.1) is 24.9 Å². The highest BCUT2D eigenvalue weighted by Crippen LogP contribution is 2.45. The van der Waals surface area contributed by atoms with Crippen LogP contribution in [0.2, 0.25) is 10.0 Å². The fraction of sp³-hybridized carbons (Fsp3) is 0.300. The zero-order valence-electron chi connectivity index (χ0n) is 23.9. The lowest BCUT2D eigenvalue weighted by molar-refractivity contribution is -0.146.